The number of hydrogen-bond acceptors (Lipinski definition) is 5. The molecule has 0 atom stereocenters. The number of aryl methyl sites for hydroxylation is 1. The van der Waals surface area contributed by atoms with Crippen LogP contribution in [-0.2, 0) is 10.0 Å². The molecule has 0 unspecified atom stereocenters. The molecule has 3 aromatic rings. The van der Waals surface area contributed by atoms with Crippen molar-refractivity contribution in [2.45, 2.75) is 11.8 Å². The summed E-state index contributed by atoms with van der Waals surface area (Å²) in [5.41, 5.74) is 1.74. The van der Waals surface area contributed by atoms with Gasteiger partial charge in [0.15, 0.2) is 11.6 Å². The normalized spacial score (nSPS) is 11.1. The van der Waals surface area contributed by atoms with Crippen molar-refractivity contribution >= 4 is 38.9 Å². The fraction of sp³-hybridized carbons (Fsp3) is 0.0588. The van der Waals surface area contributed by atoms with Gasteiger partial charge in [0.1, 0.15) is 0 Å². The molecule has 0 spiro atoms. The number of nitrogens with one attached hydrogen (secondary N) is 2. The van der Waals surface area contributed by atoms with Gasteiger partial charge in [0.2, 0.25) is 0 Å². The molecule has 128 valence electrons. The van der Waals surface area contributed by atoms with Gasteiger partial charge in [-0.1, -0.05) is 35.4 Å². The van der Waals surface area contributed by atoms with E-state index in [-0.39, 0.29) is 10.7 Å². The molecule has 0 aliphatic rings. The lowest BCUT2D eigenvalue weighted by Gasteiger charge is -2.08. The summed E-state index contributed by atoms with van der Waals surface area (Å²) in [6.45, 7) is 1.89. The van der Waals surface area contributed by atoms with E-state index in [2.05, 4.69) is 20.2 Å². The Balaban J connectivity index is 1.73. The molecule has 0 aliphatic heterocycles. The first-order chi connectivity index (χ1) is 11.9. The Kier molecular flexibility index (Phi) is 4.87. The first-order valence-electron chi connectivity index (χ1n) is 7.38. The summed E-state index contributed by atoms with van der Waals surface area (Å²) in [4.78, 5) is 0.168. The molecule has 1 heterocycles. The Morgan fingerprint density at radius 1 is 0.920 bits per heavy atom. The Labute approximate surface area is 150 Å². The molecule has 1 aromatic heterocycles. The summed E-state index contributed by atoms with van der Waals surface area (Å²) in [7, 11) is -3.70. The molecule has 0 saturated heterocycles. The number of benzene rings is 2. The van der Waals surface area contributed by atoms with Gasteiger partial charge < -0.3 is 5.32 Å². The average molecular weight is 375 g/mol. The summed E-state index contributed by atoms with van der Waals surface area (Å²) in [6, 6.07) is 16.9. The lowest BCUT2D eigenvalue weighted by molar-refractivity contribution is 0.601. The molecule has 0 aliphatic carbocycles. The van der Waals surface area contributed by atoms with Crippen LogP contribution in [0.2, 0.25) is 5.02 Å². The van der Waals surface area contributed by atoms with E-state index in [4.69, 9.17) is 11.6 Å². The van der Waals surface area contributed by atoms with Crippen molar-refractivity contribution in [1.82, 2.24) is 10.2 Å². The molecular weight excluding hydrogens is 360 g/mol. The van der Waals surface area contributed by atoms with Crippen LogP contribution in [0.3, 0.4) is 0 Å². The van der Waals surface area contributed by atoms with Gasteiger partial charge in [-0.15, -0.1) is 10.2 Å². The summed E-state index contributed by atoms with van der Waals surface area (Å²) < 4.78 is 27.0. The van der Waals surface area contributed by atoms with Crippen molar-refractivity contribution in [2.24, 2.45) is 0 Å². The summed E-state index contributed by atoms with van der Waals surface area (Å²) in [6.07, 6.45) is 0. The zero-order valence-corrected chi connectivity index (χ0v) is 14.8. The van der Waals surface area contributed by atoms with Crippen LogP contribution in [0.25, 0.3) is 0 Å². The Hall–Kier alpha value is -2.64. The van der Waals surface area contributed by atoms with Gasteiger partial charge in [-0.05, 0) is 49.4 Å². The molecule has 2 N–H and O–H groups in total. The van der Waals surface area contributed by atoms with E-state index in [0.717, 1.165) is 11.3 Å². The molecule has 0 amide bonds. The zero-order chi connectivity index (χ0) is 17.9. The highest BCUT2D eigenvalue weighted by molar-refractivity contribution is 7.92. The second-order valence-electron chi connectivity index (χ2n) is 5.36. The second kappa shape index (κ2) is 7.08. The van der Waals surface area contributed by atoms with E-state index >= 15 is 0 Å². The highest BCUT2D eigenvalue weighted by atomic mass is 35.5. The first-order valence-corrected chi connectivity index (χ1v) is 9.24. The molecular formula is C17H15ClN4O2S. The van der Waals surface area contributed by atoms with Crippen LogP contribution in [0.15, 0.2) is 65.6 Å². The molecule has 0 radical (unpaired) electrons. The van der Waals surface area contributed by atoms with E-state index in [0.29, 0.717) is 10.8 Å². The fourth-order valence-electron chi connectivity index (χ4n) is 2.08. The van der Waals surface area contributed by atoms with Gasteiger partial charge in [-0.25, -0.2) is 8.42 Å². The summed E-state index contributed by atoms with van der Waals surface area (Å²) >= 11 is 5.92. The number of anilines is 3. The molecule has 0 saturated carbocycles. The fourth-order valence-corrected chi connectivity index (χ4v) is 3.27. The molecule has 3 rings (SSSR count). The lowest BCUT2D eigenvalue weighted by atomic mass is 10.2. The Morgan fingerprint density at radius 2 is 1.60 bits per heavy atom. The second-order valence-corrected chi connectivity index (χ2v) is 7.48. The highest BCUT2D eigenvalue weighted by Crippen LogP contribution is 2.20. The minimum Gasteiger partial charge on any atom is -0.339 e. The monoisotopic (exact) mass is 374 g/mol. The Morgan fingerprint density at radius 3 is 2.24 bits per heavy atom. The summed E-state index contributed by atoms with van der Waals surface area (Å²) in [5.74, 6) is 0.609. The summed E-state index contributed by atoms with van der Waals surface area (Å²) in [5, 5.41) is 11.5. The van der Waals surface area contributed by atoms with E-state index < -0.39 is 10.0 Å². The lowest BCUT2D eigenvalue weighted by Crippen LogP contribution is -2.14. The topological polar surface area (TPSA) is 84.0 Å². The molecule has 8 heteroatoms. The van der Waals surface area contributed by atoms with Crippen LogP contribution < -0.4 is 10.0 Å². The SMILES string of the molecule is Cc1ccc(S(=O)(=O)Nc2ccc(Nc3cccc(Cl)c3)nn2)cc1. The average Bonchev–Trinajstić information content (AvgIpc) is 2.57. The van der Waals surface area contributed by atoms with Gasteiger partial charge in [0.25, 0.3) is 10.0 Å². The molecule has 0 bridgehead atoms. The zero-order valence-electron chi connectivity index (χ0n) is 13.3. The smallest absolute Gasteiger partial charge is 0.263 e. The standard InChI is InChI=1S/C17H15ClN4O2S/c1-12-5-7-15(8-6-12)25(23,24)22-17-10-9-16(20-21-17)19-14-4-2-3-13(18)11-14/h2-11H,1H3,(H,19,20)(H,21,22). The highest BCUT2D eigenvalue weighted by Gasteiger charge is 2.14. The van der Waals surface area contributed by atoms with Crippen molar-refractivity contribution in [3.63, 3.8) is 0 Å². The first kappa shape index (κ1) is 17.2. The number of nitrogens with zero attached hydrogens (tertiary/aromatic N) is 2. The minimum absolute atomic E-state index is 0.136. The van der Waals surface area contributed by atoms with Gasteiger partial charge >= 0.3 is 0 Å². The Bertz CT molecular complexity index is 974. The van der Waals surface area contributed by atoms with E-state index in [9.17, 15) is 8.42 Å². The van der Waals surface area contributed by atoms with Crippen LogP contribution >= 0.6 is 11.6 Å². The van der Waals surface area contributed by atoms with E-state index in [1.165, 1.54) is 6.07 Å². The maximum Gasteiger partial charge on any atom is 0.263 e. The van der Waals surface area contributed by atoms with Crippen molar-refractivity contribution < 1.29 is 8.42 Å². The van der Waals surface area contributed by atoms with Crippen molar-refractivity contribution in [3.8, 4) is 0 Å². The minimum atomic E-state index is -3.70. The predicted octanol–water partition coefficient (Wildman–Crippen LogP) is 3.98. The number of hydrogen-bond donors (Lipinski definition) is 2. The number of halogens is 1. The molecule has 6 nitrogen and oxygen atoms in total. The van der Waals surface area contributed by atoms with Gasteiger partial charge in [-0.2, -0.15) is 0 Å². The molecule has 25 heavy (non-hydrogen) atoms. The third-order valence-corrected chi connectivity index (χ3v) is 4.94. The third kappa shape index (κ3) is 4.46. The van der Waals surface area contributed by atoms with E-state index in [1.54, 1.807) is 42.5 Å². The van der Waals surface area contributed by atoms with Crippen LogP contribution in [0.1, 0.15) is 5.56 Å². The maximum atomic E-state index is 12.3. The van der Waals surface area contributed by atoms with Crippen LogP contribution in [0.4, 0.5) is 17.3 Å². The maximum absolute atomic E-state index is 12.3. The van der Waals surface area contributed by atoms with Crippen LogP contribution in [0, 0.1) is 6.92 Å². The van der Waals surface area contributed by atoms with E-state index in [1.807, 2.05) is 19.1 Å². The molecule has 0 fully saturated rings. The van der Waals surface area contributed by atoms with Gasteiger partial charge in [-0.3, -0.25) is 4.72 Å². The number of sulfonamides is 1. The quantitative estimate of drug-likeness (QED) is 0.705. The van der Waals surface area contributed by atoms with Gasteiger partial charge in [0.05, 0.1) is 4.90 Å². The number of rotatable bonds is 5. The third-order valence-electron chi connectivity index (χ3n) is 3.33. The van der Waals surface area contributed by atoms with Gasteiger partial charge in [0, 0.05) is 10.7 Å². The predicted molar refractivity (Wildman–Crippen MR) is 98.8 cm³/mol. The van der Waals surface area contributed by atoms with Crippen molar-refractivity contribution in [2.75, 3.05) is 10.0 Å². The molecule has 2 aromatic carbocycles. The largest absolute Gasteiger partial charge is 0.339 e. The number of aromatic nitrogens is 2. The van der Waals surface area contributed by atoms with Crippen LogP contribution in [-0.4, -0.2) is 18.6 Å². The van der Waals surface area contributed by atoms with Crippen molar-refractivity contribution in [1.29, 1.82) is 0 Å². The van der Waals surface area contributed by atoms with Crippen molar-refractivity contribution in [3.05, 3.63) is 71.2 Å². The van der Waals surface area contributed by atoms with Crippen LogP contribution in [0.5, 0.6) is 0 Å².